The number of carbonyl (C=O) groups excluding carboxylic acids is 1. The van der Waals surface area contributed by atoms with Gasteiger partial charge in [0.15, 0.2) is 6.61 Å². The Morgan fingerprint density at radius 2 is 1.94 bits per heavy atom. The quantitative estimate of drug-likeness (QED) is 0.342. The molecule has 0 aliphatic heterocycles. The van der Waals surface area contributed by atoms with Gasteiger partial charge in [-0.2, -0.15) is 4.98 Å². The molecule has 0 bridgehead atoms. The molecule has 4 aromatic heterocycles. The summed E-state index contributed by atoms with van der Waals surface area (Å²) < 4.78 is 21.1. The third kappa shape index (κ3) is 3.71. The Balaban J connectivity index is 1.37. The second kappa shape index (κ2) is 8.23. The van der Waals surface area contributed by atoms with Crippen LogP contribution in [-0.2, 0) is 11.3 Å². The number of hydrogen-bond donors (Lipinski definition) is 0. The number of hydrogen-bond acceptors (Lipinski definition) is 10. The van der Waals surface area contributed by atoms with E-state index in [2.05, 4.69) is 20.3 Å². The zero-order chi connectivity index (χ0) is 22.1. The lowest BCUT2D eigenvalue weighted by Gasteiger charge is -2.05. The second-order valence-corrected chi connectivity index (χ2v) is 7.74. The van der Waals surface area contributed by atoms with Crippen molar-refractivity contribution in [2.75, 3.05) is 7.11 Å². The Kier molecular flexibility index (Phi) is 5.12. The van der Waals surface area contributed by atoms with Crippen LogP contribution in [0.2, 0.25) is 0 Å². The van der Waals surface area contributed by atoms with Crippen LogP contribution in [-0.4, -0.2) is 33.4 Å². The molecule has 0 amide bonds. The van der Waals surface area contributed by atoms with Gasteiger partial charge < -0.3 is 18.5 Å². The van der Waals surface area contributed by atoms with E-state index in [1.165, 1.54) is 11.3 Å². The molecule has 1 aromatic carbocycles. The van der Waals surface area contributed by atoms with Crippen molar-refractivity contribution in [1.82, 2.24) is 20.3 Å². The van der Waals surface area contributed by atoms with Gasteiger partial charge in [-0.05, 0) is 48.7 Å². The van der Waals surface area contributed by atoms with Gasteiger partial charge in [-0.3, -0.25) is 0 Å². The van der Waals surface area contributed by atoms with E-state index in [4.69, 9.17) is 18.5 Å². The summed E-state index contributed by atoms with van der Waals surface area (Å²) in [4.78, 5) is 22.6. The average Bonchev–Trinajstić information content (AvgIpc) is 3.59. The number of carbonyl (C=O) groups is 1. The molecule has 10 heteroatoms. The number of rotatable bonds is 6. The molecule has 0 atom stereocenters. The molecule has 0 N–H and O–H groups in total. The minimum Gasteiger partial charge on any atom is -0.497 e. The highest BCUT2D eigenvalue weighted by Gasteiger charge is 2.21. The number of aromatic nitrogens is 4. The fourth-order valence-corrected chi connectivity index (χ4v) is 3.87. The van der Waals surface area contributed by atoms with Gasteiger partial charge in [-0.15, -0.1) is 11.3 Å². The summed E-state index contributed by atoms with van der Waals surface area (Å²) in [6.45, 7) is 1.57. The molecular formula is C22H16N4O5S. The van der Waals surface area contributed by atoms with Crippen LogP contribution in [0, 0.1) is 6.92 Å². The van der Waals surface area contributed by atoms with Gasteiger partial charge in [0.05, 0.1) is 34.3 Å². The van der Waals surface area contributed by atoms with E-state index in [0.717, 1.165) is 16.2 Å². The first-order valence-corrected chi connectivity index (χ1v) is 10.5. The summed E-state index contributed by atoms with van der Waals surface area (Å²) in [5, 5.41) is 10.3. The fourth-order valence-electron chi connectivity index (χ4n) is 3.18. The van der Waals surface area contributed by atoms with E-state index in [-0.39, 0.29) is 18.2 Å². The smallest absolute Gasteiger partial charge is 0.339 e. The minimum atomic E-state index is -0.564. The van der Waals surface area contributed by atoms with Crippen molar-refractivity contribution in [3.63, 3.8) is 0 Å². The maximum atomic E-state index is 12.9. The molecule has 0 saturated carbocycles. The van der Waals surface area contributed by atoms with Crippen molar-refractivity contribution in [3.8, 4) is 27.7 Å². The van der Waals surface area contributed by atoms with Crippen LogP contribution < -0.4 is 4.74 Å². The molecule has 160 valence electrons. The monoisotopic (exact) mass is 448 g/mol. The molecule has 0 spiro atoms. The third-order valence-corrected chi connectivity index (χ3v) is 5.65. The Hall–Kier alpha value is -4.05. The molecule has 0 aliphatic carbocycles. The van der Waals surface area contributed by atoms with E-state index in [1.807, 2.05) is 29.6 Å². The molecule has 9 nitrogen and oxygen atoms in total. The van der Waals surface area contributed by atoms with Crippen LogP contribution in [0.1, 0.15) is 21.9 Å². The maximum Gasteiger partial charge on any atom is 0.339 e. The first-order chi connectivity index (χ1) is 15.6. The first-order valence-electron chi connectivity index (χ1n) is 9.57. The zero-order valence-electron chi connectivity index (χ0n) is 17.1. The molecule has 0 unspecified atom stereocenters. The molecular weight excluding hydrogens is 432 g/mol. The standard InChI is InChI=1S/C22H16N4O5S/c1-12-19-15(10-16(17-4-3-9-32-17)23-21(19)31-25-12)22(27)29-11-18-24-20(26-30-18)13-5-7-14(28-2)8-6-13/h3-10H,11H2,1-2H3. The molecule has 5 aromatic rings. The Morgan fingerprint density at radius 1 is 1.09 bits per heavy atom. The zero-order valence-corrected chi connectivity index (χ0v) is 17.9. The van der Waals surface area contributed by atoms with Crippen molar-refractivity contribution in [3.05, 3.63) is 65.0 Å². The molecule has 0 saturated heterocycles. The summed E-state index contributed by atoms with van der Waals surface area (Å²) in [5.74, 6) is 0.724. The largest absolute Gasteiger partial charge is 0.497 e. The highest BCUT2D eigenvalue weighted by molar-refractivity contribution is 7.13. The Labute approximate surface area is 185 Å². The Morgan fingerprint density at radius 3 is 2.69 bits per heavy atom. The predicted molar refractivity (Wildman–Crippen MR) is 115 cm³/mol. The molecule has 0 radical (unpaired) electrons. The number of pyridine rings is 1. The van der Waals surface area contributed by atoms with Gasteiger partial charge in [0, 0.05) is 5.56 Å². The van der Waals surface area contributed by atoms with Gasteiger partial charge in [-0.1, -0.05) is 16.4 Å². The summed E-state index contributed by atoms with van der Waals surface area (Å²) in [7, 11) is 1.59. The fraction of sp³-hybridized carbons (Fsp3) is 0.136. The number of ether oxygens (including phenoxy) is 2. The Bertz CT molecular complexity index is 1390. The lowest BCUT2D eigenvalue weighted by Crippen LogP contribution is -2.07. The molecule has 0 aliphatic rings. The van der Waals surface area contributed by atoms with Crippen LogP contribution in [0.5, 0.6) is 5.75 Å². The van der Waals surface area contributed by atoms with E-state index in [1.54, 1.807) is 32.2 Å². The van der Waals surface area contributed by atoms with E-state index >= 15 is 0 Å². The summed E-state index contributed by atoms with van der Waals surface area (Å²) in [6.07, 6.45) is 0. The topological polar surface area (TPSA) is 113 Å². The van der Waals surface area contributed by atoms with E-state index < -0.39 is 5.97 Å². The number of nitrogens with zero attached hydrogens (tertiary/aromatic N) is 4. The number of fused-ring (bicyclic) bond motifs is 1. The van der Waals surface area contributed by atoms with Crippen LogP contribution in [0.15, 0.2) is 56.9 Å². The number of aryl methyl sites for hydroxylation is 1. The van der Waals surface area contributed by atoms with E-state index in [9.17, 15) is 4.79 Å². The van der Waals surface area contributed by atoms with Crippen molar-refractivity contribution in [1.29, 1.82) is 0 Å². The van der Waals surface area contributed by atoms with Crippen molar-refractivity contribution in [2.45, 2.75) is 13.5 Å². The van der Waals surface area contributed by atoms with Crippen LogP contribution in [0.3, 0.4) is 0 Å². The van der Waals surface area contributed by atoms with Crippen molar-refractivity contribution < 1.29 is 23.3 Å². The summed E-state index contributed by atoms with van der Waals surface area (Å²) in [5.41, 5.74) is 2.50. The van der Waals surface area contributed by atoms with Gasteiger partial charge in [0.1, 0.15) is 5.75 Å². The van der Waals surface area contributed by atoms with Gasteiger partial charge >= 0.3 is 5.97 Å². The molecule has 0 fully saturated rings. The van der Waals surface area contributed by atoms with Crippen molar-refractivity contribution in [2.24, 2.45) is 0 Å². The second-order valence-electron chi connectivity index (χ2n) is 6.80. The third-order valence-electron chi connectivity index (χ3n) is 4.75. The minimum absolute atomic E-state index is 0.176. The van der Waals surface area contributed by atoms with Gasteiger partial charge in [0.25, 0.3) is 11.6 Å². The molecule has 4 heterocycles. The number of methoxy groups -OCH3 is 1. The SMILES string of the molecule is COc1ccc(-c2noc(COC(=O)c3cc(-c4cccs4)nc4onc(C)c34)n2)cc1. The normalized spacial score (nSPS) is 11.1. The van der Waals surface area contributed by atoms with Gasteiger partial charge in [-0.25, -0.2) is 9.78 Å². The summed E-state index contributed by atoms with van der Waals surface area (Å²) in [6, 6.07) is 12.7. The van der Waals surface area contributed by atoms with Crippen molar-refractivity contribution >= 4 is 28.4 Å². The van der Waals surface area contributed by atoms with Crippen LogP contribution >= 0.6 is 11.3 Å². The highest BCUT2D eigenvalue weighted by Crippen LogP contribution is 2.30. The number of benzene rings is 1. The predicted octanol–water partition coefficient (Wildman–Crippen LogP) is 4.68. The molecule has 32 heavy (non-hydrogen) atoms. The number of esters is 1. The maximum absolute atomic E-state index is 12.9. The van der Waals surface area contributed by atoms with E-state index in [0.29, 0.717) is 28.2 Å². The lowest BCUT2D eigenvalue weighted by atomic mass is 10.1. The number of thiophene rings is 1. The van der Waals surface area contributed by atoms with Crippen LogP contribution in [0.4, 0.5) is 0 Å². The average molecular weight is 448 g/mol. The highest BCUT2D eigenvalue weighted by atomic mass is 32.1. The molecule has 5 rings (SSSR count). The first kappa shape index (κ1) is 19.9. The summed E-state index contributed by atoms with van der Waals surface area (Å²) >= 11 is 1.51. The van der Waals surface area contributed by atoms with Gasteiger partial charge in [0.2, 0.25) is 5.82 Å². The lowest BCUT2D eigenvalue weighted by molar-refractivity contribution is 0.0432. The van der Waals surface area contributed by atoms with Crippen LogP contribution in [0.25, 0.3) is 33.1 Å².